The van der Waals surface area contributed by atoms with Gasteiger partial charge in [0.1, 0.15) is 0 Å². The molecule has 0 aliphatic carbocycles. The molecule has 0 saturated carbocycles. The van der Waals surface area contributed by atoms with Gasteiger partial charge in [-0.3, -0.25) is 0 Å². The molecular formula is C15H23ClN2. The second kappa shape index (κ2) is 4.75. The number of halogens is 1. The minimum Gasteiger partial charge on any atom is -0.363 e. The van der Waals surface area contributed by atoms with Gasteiger partial charge in [-0.15, -0.1) is 0 Å². The van der Waals surface area contributed by atoms with Crippen molar-refractivity contribution in [2.24, 2.45) is 0 Å². The molecule has 0 bridgehead atoms. The van der Waals surface area contributed by atoms with E-state index >= 15 is 0 Å². The molecule has 100 valence electrons. The van der Waals surface area contributed by atoms with Gasteiger partial charge in [0, 0.05) is 17.6 Å². The van der Waals surface area contributed by atoms with Crippen LogP contribution in [0.2, 0.25) is 5.02 Å². The van der Waals surface area contributed by atoms with E-state index in [9.17, 15) is 0 Å². The van der Waals surface area contributed by atoms with E-state index in [0.29, 0.717) is 0 Å². The van der Waals surface area contributed by atoms with Crippen LogP contribution in [0.3, 0.4) is 0 Å². The zero-order chi connectivity index (χ0) is 13.4. The summed E-state index contributed by atoms with van der Waals surface area (Å²) in [7, 11) is 0. The van der Waals surface area contributed by atoms with Crippen LogP contribution in [-0.2, 0) is 0 Å². The molecule has 0 aromatic heterocycles. The maximum absolute atomic E-state index is 6.37. The van der Waals surface area contributed by atoms with Crippen LogP contribution in [0, 0.1) is 0 Å². The average Bonchev–Trinajstić information content (AvgIpc) is 2.36. The van der Waals surface area contributed by atoms with Gasteiger partial charge < -0.3 is 10.2 Å². The summed E-state index contributed by atoms with van der Waals surface area (Å²) in [5.41, 5.74) is 1.36. The van der Waals surface area contributed by atoms with Crippen molar-refractivity contribution in [2.45, 2.75) is 45.2 Å². The standard InChI is InChI=1S/C15H23ClN2/c1-14(2)11-18(15(3,4)9-10-17-14)13-8-6-5-7-12(13)16/h5-8,17H,9-11H2,1-4H3. The van der Waals surface area contributed by atoms with Crippen LogP contribution in [0.4, 0.5) is 5.69 Å². The average molecular weight is 267 g/mol. The predicted octanol–water partition coefficient (Wildman–Crippen LogP) is 3.70. The molecule has 0 spiro atoms. The molecule has 1 heterocycles. The quantitative estimate of drug-likeness (QED) is 0.834. The minimum atomic E-state index is 0.104. The lowest BCUT2D eigenvalue weighted by molar-refractivity contribution is 0.409. The molecule has 0 radical (unpaired) electrons. The lowest BCUT2D eigenvalue weighted by Gasteiger charge is -2.42. The molecule has 0 amide bonds. The number of para-hydroxylation sites is 1. The van der Waals surface area contributed by atoms with Gasteiger partial charge in [0.05, 0.1) is 10.7 Å². The SMILES string of the molecule is CC1(C)CN(c2ccccc2Cl)C(C)(C)CCN1. The van der Waals surface area contributed by atoms with Crippen LogP contribution in [0.25, 0.3) is 0 Å². The molecule has 2 nitrogen and oxygen atoms in total. The third-order valence-electron chi connectivity index (χ3n) is 3.77. The van der Waals surface area contributed by atoms with Crippen molar-refractivity contribution in [2.75, 3.05) is 18.0 Å². The van der Waals surface area contributed by atoms with Gasteiger partial charge in [-0.25, -0.2) is 0 Å². The molecule has 1 aromatic rings. The fourth-order valence-corrected chi connectivity index (χ4v) is 2.83. The van der Waals surface area contributed by atoms with Crippen LogP contribution in [0.15, 0.2) is 24.3 Å². The molecule has 2 rings (SSSR count). The van der Waals surface area contributed by atoms with E-state index in [2.05, 4.69) is 50.0 Å². The van der Waals surface area contributed by atoms with Crippen molar-refractivity contribution in [1.29, 1.82) is 0 Å². The third-order valence-corrected chi connectivity index (χ3v) is 4.09. The molecule has 1 aliphatic heterocycles. The van der Waals surface area contributed by atoms with E-state index in [-0.39, 0.29) is 11.1 Å². The summed E-state index contributed by atoms with van der Waals surface area (Å²) in [6.45, 7) is 11.1. The minimum absolute atomic E-state index is 0.104. The van der Waals surface area contributed by atoms with Crippen molar-refractivity contribution in [3.63, 3.8) is 0 Å². The fraction of sp³-hybridized carbons (Fsp3) is 0.600. The number of nitrogens with zero attached hydrogens (tertiary/aromatic N) is 1. The summed E-state index contributed by atoms with van der Waals surface area (Å²) >= 11 is 6.37. The number of hydrogen-bond acceptors (Lipinski definition) is 2. The van der Waals surface area contributed by atoms with Crippen molar-refractivity contribution in [1.82, 2.24) is 5.32 Å². The first-order chi connectivity index (χ1) is 8.32. The zero-order valence-electron chi connectivity index (χ0n) is 11.8. The summed E-state index contributed by atoms with van der Waals surface area (Å²) in [6, 6.07) is 8.13. The van der Waals surface area contributed by atoms with Gasteiger partial charge in [-0.1, -0.05) is 23.7 Å². The monoisotopic (exact) mass is 266 g/mol. The Balaban J connectivity index is 2.41. The Morgan fingerprint density at radius 2 is 1.83 bits per heavy atom. The topological polar surface area (TPSA) is 15.3 Å². The number of hydrogen-bond donors (Lipinski definition) is 1. The second-order valence-corrected chi connectivity index (χ2v) is 6.82. The molecule has 0 unspecified atom stereocenters. The maximum atomic E-state index is 6.37. The smallest absolute Gasteiger partial charge is 0.0639 e. The number of anilines is 1. The van der Waals surface area contributed by atoms with Crippen molar-refractivity contribution < 1.29 is 0 Å². The van der Waals surface area contributed by atoms with E-state index < -0.39 is 0 Å². The fourth-order valence-electron chi connectivity index (χ4n) is 2.59. The highest BCUT2D eigenvalue weighted by atomic mass is 35.5. The first kappa shape index (κ1) is 13.7. The van der Waals surface area contributed by atoms with Gasteiger partial charge >= 0.3 is 0 Å². The van der Waals surface area contributed by atoms with E-state index in [1.165, 1.54) is 0 Å². The summed E-state index contributed by atoms with van der Waals surface area (Å²) in [6.07, 6.45) is 1.11. The normalized spacial score (nSPS) is 22.6. The number of rotatable bonds is 1. The predicted molar refractivity (Wildman–Crippen MR) is 79.6 cm³/mol. The molecule has 1 N–H and O–H groups in total. The first-order valence-electron chi connectivity index (χ1n) is 6.59. The van der Waals surface area contributed by atoms with E-state index in [0.717, 1.165) is 30.2 Å². The van der Waals surface area contributed by atoms with E-state index in [1.807, 2.05) is 12.1 Å². The Morgan fingerprint density at radius 1 is 1.17 bits per heavy atom. The summed E-state index contributed by atoms with van der Waals surface area (Å²) in [4.78, 5) is 2.44. The van der Waals surface area contributed by atoms with Crippen molar-refractivity contribution >= 4 is 17.3 Å². The maximum Gasteiger partial charge on any atom is 0.0639 e. The molecule has 18 heavy (non-hydrogen) atoms. The lowest BCUT2D eigenvalue weighted by atomic mass is 9.96. The van der Waals surface area contributed by atoms with Crippen LogP contribution < -0.4 is 10.2 Å². The first-order valence-corrected chi connectivity index (χ1v) is 6.97. The van der Waals surface area contributed by atoms with Gasteiger partial charge in [0.2, 0.25) is 0 Å². The van der Waals surface area contributed by atoms with Crippen molar-refractivity contribution in [3.05, 3.63) is 29.3 Å². The lowest BCUT2D eigenvalue weighted by Crippen LogP contribution is -2.51. The molecule has 1 saturated heterocycles. The summed E-state index contributed by atoms with van der Waals surface area (Å²) < 4.78 is 0. The van der Waals surface area contributed by atoms with Crippen molar-refractivity contribution in [3.8, 4) is 0 Å². The van der Waals surface area contributed by atoms with Crippen LogP contribution in [0.1, 0.15) is 34.1 Å². The summed E-state index contributed by atoms with van der Waals surface area (Å²) in [5, 5.41) is 4.45. The number of benzene rings is 1. The highest BCUT2D eigenvalue weighted by Gasteiger charge is 2.35. The highest BCUT2D eigenvalue weighted by molar-refractivity contribution is 6.33. The Bertz CT molecular complexity index is 426. The Kier molecular flexibility index (Phi) is 3.61. The highest BCUT2D eigenvalue weighted by Crippen LogP contribution is 2.34. The molecule has 3 heteroatoms. The van der Waals surface area contributed by atoms with Crippen LogP contribution >= 0.6 is 11.6 Å². The molecule has 1 aliphatic rings. The molecule has 1 fully saturated rings. The van der Waals surface area contributed by atoms with Crippen LogP contribution in [0.5, 0.6) is 0 Å². The van der Waals surface area contributed by atoms with Gasteiger partial charge in [0.25, 0.3) is 0 Å². The van der Waals surface area contributed by atoms with Gasteiger partial charge in [0.15, 0.2) is 0 Å². The Morgan fingerprint density at radius 3 is 2.50 bits per heavy atom. The van der Waals surface area contributed by atoms with E-state index in [1.54, 1.807) is 0 Å². The summed E-state index contributed by atoms with van der Waals surface area (Å²) in [5.74, 6) is 0. The number of nitrogens with one attached hydrogen (secondary N) is 1. The second-order valence-electron chi connectivity index (χ2n) is 6.41. The van der Waals surface area contributed by atoms with Gasteiger partial charge in [-0.2, -0.15) is 0 Å². The molecular weight excluding hydrogens is 244 g/mol. The van der Waals surface area contributed by atoms with Crippen LogP contribution in [-0.4, -0.2) is 24.2 Å². The van der Waals surface area contributed by atoms with Gasteiger partial charge in [-0.05, 0) is 52.8 Å². The Hall–Kier alpha value is -0.730. The molecule has 1 aromatic carbocycles. The zero-order valence-corrected chi connectivity index (χ0v) is 12.5. The Labute approximate surface area is 115 Å². The largest absolute Gasteiger partial charge is 0.363 e. The van der Waals surface area contributed by atoms with E-state index in [4.69, 9.17) is 11.6 Å². The molecule has 0 atom stereocenters. The third kappa shape index (κ3) is 2.81.